The van der Waals surface area contributed by atoms with Crippen molar-refractivity contribution in [3.63, 3.8) is 0 Å². The Balaban J connectivity index is 1.62. The van der Waals surface area contributed by atoms with Crippen molar-refractivity contribution in [2.75, 3.05) is 33.9 Å². The number of aliphatic hydroxyl groups excluding tert-OH is 2. The second-order valence-electron chi connectivity index (χ2n) is 7.53. The van der Waals surface area contributed by atoms with Crippen LogP contribution in [-0.4, -0.2) is 61.0 Å². The third kappa shape index (κ3) is 2.67. The first-order valence-corrected chi connectivity index (χ1v) is 9.42. The summed E-state index contributed by atoms with van der Waals surface area (Å²) in [7, 11) is 3.03. The molecule has 4 rings (SSSR count). The van der Waals surface area contributed by atoms with E-state index in [-0.39, 0.29) is 30.9 Å². The maximum Gasteiger partial charge on any atom is 0.257 e. The van der Waals surface area contributed by atoms with Crippen molar-refractivity contribution in [2.24, 2.45) is 11.3 Å². The predicted molar refractivity (Wildman–Crippen MR) is 104 cm³/mol. The van der Waals surface area contributed by atoms with E-state index in [0.29, 0.717) is 23.6 Å². The molecule has 1 aliphatic carbocycles. The molecule has 0 radical (unpaired) electrons. The van der Waals surface area contributed by atoms with Gasteiger partial charge in [0.1, 0.15) is 0 Å². The lowest BCUT2D eigenvalue weighted by atomic mass is 9.95. The van der Waals surface area contributed by atoms with Crippen LogP contribution in [0.4, 0.5) is 0 Å². The number of benzene rings is 2. The lowest BCUT2D eigenvalue weighted by Gasteiger charge is -2.19. The van der Waals surface area contributed by atoms with Crippen molar-refractivity contribution in [1.82, 2.24) is 4.90 Å². The highest BCUT2D eigenvalue weighted by Gasteiger charge is 2.71. The number of ether oxygens (including phenoxy) is 2. The smallest absolute Gasteiger partial charge is 0.257 e. The van der Waals surface area contributed by atoms with Crippen LogP contribution in [0.25, 0.3) is 0 Å². The molecule has 2 aromatic rings. The van der Waals surface area contributed by atoms with Crippen LogP contribution in [0.2, 0.25) is 0 Å². The molecular formula is C22H25NO5. The number of amides is 1. The molecule has 6 heteroatoms. The number of carbonyl (C=O) groups is 1. The van der Waals surface area contributed by atoms with E-state index < -0.39 is 11.5 Å². The van der Waals surface area contributed by atoms with E-state index in [1.54, 1.807) is 23.1 Å². The van der Waals surface area contributed by atoms with Gasteiger partial charge in [-0.05, 0) is 29.5 Å². The van der Waals surface area contributed by atoms with E-state index in [4.69, 9.17) is 9.47 Å². The van der Waals surface area contributed by atoms with Gasteiger partial charge in [-0.25, -0.2) is 0 Å². The third-order valence-corrected chi connectivity index (χ3v) is 6.32. The van der Waals surface area contributed by atoms with Gasteiger partial charge in [-0.3, -0.25) is 4.79 Å². The summed E-state index contributed by atoms with van der Waals surface area (Å²) in [5.41, 5.74) is 0.995. The zero-order valence-corrected chi connectivity index (χ0v) is 16.0. The molecule has 1 saturated carbocycles. The third-order valence-electron chi connectivity index (χ3n) is 6.32. The molecule has 2 aliphatic rings. The number of carbonyl (C=O) groups excluding carboxylic acids is 1. The molecule has 2 aromatic carbocycles. The van der Waals surface area contributed by atoms with Gasteiger partial charge in [0.2, 0.25) is 0 Å². The van der Waals surface area contributed by atoms with E-state index in [0.717, 1.165) is 5.56 Å². The number of nitrogens with zero attached hydrogens (tertiary/aromatic N) is 1. The minimum atomic E-state index is -0.685. The highest BCUT2D eigenvalue weighted by atomic mass is 16.5. The summed E-state index contributed by atoms with van der Waals surface area (Å²) in [4.78, 5) is 14.9. The first-order chi connectivity index (χ1) is 13.6. The second-order valence-corrected chi connectivity index (χ2v) is 7.53. The van der Waals surface area contributed by atoms with Crippen LogP contribution in [0.1, 0.15) is 21.8 Å². The zero-order chi connectivity index (χ0) is 19.9. The molecule has 4 atom stereocenters. The highest BCUT2D eigenvalue weighted by Crippen LogP contribution is 2.68. The minimum Gasteiger partial charge on any atom is -0.493 e. The molecule has 0 bridgehead atoms. The summed E-state index contributed by atoms with van der Waals surface area (Å²) in [6.07, 6.45) is -0.685. The number of aliphatic hydroxyl groups is 2. The number of likely N-dealkylation sites (tertiary alicyclic amines) is 1. The minimum absolute atomic E-state index is 0.0128. The van der Waals surface area contributed by atoms with Gasteiger partial charge < -0.3 is 24.6 Å². The maximum atomic E-state index is 13.2. The van der Waals surface area contributed by atoms with Crippen LogP contribution in [0.3, 0.4) is 0 Å². The topological polar surface area (TPSA) is 79.2 Å². The maximum absolute atomic E-state index is 13.2. The molecule has 1 spiro atoms. The SMILES string of the molecule is COc1cccc(C(=O)N2C[C@@H](O)[C@@]3(C2)[C@H](CO)[C@H]3c2ccccc2)c1OC. The Kier molecular flexibility index (Phi) is 4.77. The lowest BCUT2D eigenvalue weighted by Crippen LogP contribution is -2.30. The van der Waals surface area contributed by atoms with Gasteiger partial charge in [0, 0.05) is 25.1 Å². The van der Waals surface area contributed by atoms with Crippen molar-refractivity contribution in [1.29, 1.82) is 0 Å². The van der Waals surface area contributed by atoms with Crippen LogP contribution in [0.5, 0.6) is 11.5 Å². The molecule has 28 heavy (non-hydrogen) atoms. The number of hydrogen-bond acceptors (Lipinski definition) is 5. The first-order valence-electron chi connectivity index (χ1n) is 9.42. The quantitative estimate of drug-likeness (QED) is 0.825. The van der Waals surface area contributed by atoms with Crippen LogP contribution < -0.4 is 9.47 Å². The zero-order valence-electron chi connectivity index (χ0n) is 16.0. The van der Waals surface area contributed by atoms with Gasteiger partial charge in [-0.2, -0.15) is 0 Å². The van der Waals surface area contributed by atoms with E-state index in [9.17, 15) is 15.0 Å². The Morgan fingerprint density at radius 2 is 1.89 bits per heavy atom. The summed E-state index contributed by atoms with van der Waals surface area (Å²) in [5.74, 6) is 0.653. The Bertz CT molecular complexity index is 870. The second kappa shape index (κ2) is 7.11. The van der Waals surface area contributed by atoms with Crippen molar-refractivity contribution in [2.45, 2.75) is 12.0 Å². The van der Waals surface area contributed by atoms with Crippen molar-refractivity contribution in [3.8, 4) is 11.5 Å². The summed E-state index contributed by atoms with van der Waals surface area (Å²) in [5, 5.41) is 20.8. The molecule has 0 aromatic heterocycles. The van der Waals surface area contributed by atoms with Gasteiger partial charge in [-0.15, -0.1) is 0 Å². The van der Waals surface area contributed by atoms with Crippen molar-refractivity contribution < 1.29 is 24.5 Å². The molecule has 148 valence electrons. The Hall–Kier alpha value is -2.57. The molecule has 2 fully saturated rings. The number of methoxy groups -OCH3 is 2. The molecule has 6 nitrogen and oxygen atoms in total. The Morgan fingerprint density at radius 1 is 1.14 bits per heavy atom. The fourth-order valence-electron chi connectivity index (χ4n) is 4.95. The lowest BCUT2D eigenvalue weighted by molar-refractivity contribution is 0.0760. The molecule has 2 N–H and O–H groups in total. The fourth-order valence-corrected chi connectivity index (χ4v) is 4.95. The molecule has 1 amide bonds. The van der Waals surface area contributed by atoms with Crippen molar-refractivity contribution in [3.05, 3.63) is 59.7 Å². The van der Waals surface area contributed by atoms with E-state index in [2.05, 4.69) is 0 Å². The summed E-state index contributed by atoms with van der Waals surface area (Å²) < 4.78 is 10.7. The number of rotatable bonds is 5. The van der Waals surface area contributed by atoms with E-state index >= 15 is 0 Å². The van der Waals surface area contributed by atoms with Gasteiger partial charge >= 0.3 is 0 Å². The normalized spacial score (nSPS) is 28.4. The number of para-hydroxylation sites is 1. The molecular weight excluding hydrogens is 358 g/mol. The van der Waals surface area contributed by atoms with Crippen LogP contribution >= 0.6 is 0 Å². The van der Waals surface area contributed by atoms with E-state index in [1.165, 1.54) is 14.2 Å². The number of β-amino-alcohol motifs (C(OH)–C–C–N with tert-alkyl or cyclic N) is 1. The largest absolute Gasteiger partial charge is 0.493 e. The summed E-state index contributed by atoms with van der Waals surface area (Å²) >= 11 is 0. The van der Waals surface area contributed by atoms with Crippen LogP contribution in [0, 0.1) is 11.3 Å². The Morgan fingerprint density at radius 3 is 2.54 bits per heavy atom. The average molecular weight is 383 g/mol. The van der Waals surface area contributed by atoms with Crippen molar-refractivity contribution >= 4 is 5.91 Å². The summed E-state index contributed by atoms with van der Waals surface area (Å²) in [6, 6.07) is 15.1. The fraction of sp³-hybridized carbons (Fsp3) is 0.409. The van der Waals surface area contributed by atoms with Gasteiger partial charge in [0.25, 0.3) is 5.91 Å². The molecule has 1 heterocycles. The Labute approximate surface area is 164 Å². The monoisotopic (exact) mass is 383 g/mol. The number of hydrogen-bond donors (Lipinski definition) is 2. The molecule has 0 unspecified atom stereocenters. The summed E-state index contributed by atoms with van der Waals surface area (Å²) in [6.45, 7) is 0.623. The predicted octanol–water partition coefficient (Wildman–Crippen LogP) is 1.91. The van der Waals surface area contributed by atoms with E-state index in [1.807, 2.05) is 30.3 Å². The molecule has 1 saturated heterocycles. The first kappa shape index (κ1) is 18.8. The van der Waals surface area contributed by atoms with Gasteiger partial charge in [0.15, 0.2) is 11.5 Å². The van der Waals surface area contributed by atoms with Crippen LogP contribution in [0.15, 0.2) is 48.5 Å². The highest BCUT2D eigenvalue weighted by molar-refractivity contribution is 5.98. The van der Waals surface area contributed by atoms with Crippen LogP contribution in [-0.2, 0) is 0 Å². The van der Waals surface area contributed by atoms with Gasteiger partial charge in [-0.1, -0.05) is 36.4 Å². The van der Waals surface area contributed by atoms with Gasteiger partial charge in [0.05, 0.1) is 25.9 Å². The average Bonchev–Trinajstić information content (AvgIpc) is 3.27. The molecule has 1 aliphatic heterocycles. The standard InChI is InChI=1S/C22H25NO5/c1-27-17-10-6-9-15(20(17)28-2)21(26)23-11-18(25)22(13-23)16(12-24)19(22)14-7-4-3-5-8-14/h3-10,16,18-19,24-25H,11-13H2,1-2H3/t16-,18-,19-,22-/m1/s1.